The van der Waals surface area contributed by atoms with E-state index in [1.54, 1.807) is 0 Å². The van der Waals surface area contributed by atoms with E-state index in [4.69, 9.17) is 5.11 Å². The largest absolute Gasteiger partial charge is 0.465 e. The highest BCUT2D eigenvalue weighted by Crippen LogP contribution is 2.45. The summed E-state index contributed by atoms with van der Waals surface area (Å²) in [6.45, 7) is 2.90. The van der Waals surface area contributed by atoms with Crippen molar-refractivity contribution in [3.05, 3.63) is 0 Å². The van der Waals surface area contributed by atoms with Crippen LogP contribution in [0, 0.1) is 5.41 Å². The lowest BCUT2D eigenvalue weighted by molar-refractivity contribution is -0.126. The van der Waals surface area contributed by atoms with Gasteiger partial charge in [-0.05, 0) is 19.3 Å². The molecule has 5 heteroatoms. The average molecular weight is 212 g/mol. The molecule has 2 N–H and O–H groups in total. The van der Waals surface area contributed by atoms with Gasteiger partial charge in [-0.1, -0.05) is 6.92 Å². The predicted octanol–water partition coefficient (Wildman–Crippen LogP) is 0.655. The van der Waals surface area contributed by atoms with Gasteiger partial charge < -0.3 is 15.3 Å². The quantitative estimate of drug-likeness (QED) is 0.706. The van der Waals surface area contributed by atoms with Gasteiger partial charge in [-0.2, -0.15) is 0 Å². The Bertz CT molecular complexity index is 299. The van der Waals surface area contributed by atoms with Gasteiger partial charge in [-0.3, -0.25) is 4.79 Å². The van der Waals surface area contributed by atoms with Gasteiger partial charge in [0.25, 0.3) is 0 Å². The second-order valence-corrected chi connectivity index (χ2v) is 4.75. The zero-order valence-corrected chi connectivity index (χ0v) is 8.82. The van der Waals surface area contributed by atoms with Gasteiger partial charge in [-0.25, -0.2) is 4.79 Å². The molecular weight excluding hydrogens is 196 g/mol. The van der Waals surface area contributed by atoms with Crippen LogP contribution in [0.5, 0.6) is 0 Å². The van der Waals surface area contributed by atoms with Crippen LogP contribution in [-0.4, -0.2) is 41.1 Å². The molecule has 0 aromatic carbocycles. The highest BCUT2D eigenvalue weighted by Gasteiger charge is 2.45. The third kappa shape index (κ3) is 2.06. The number of nitrogens with one attached hydrogen (secondary N) is 1. The molecule has 0 aromatic heterocycles. The van der Waals surface area contributed by atoms with Crippen LogP contribution in [-0.2, 0) is 4.79 Å². The van der Waals surface area contributed by atoms with Gasteiger partial charge in [-0.15, -0.1) is 0 Å². The molecule has 1 aliphatic heterocycles. The smallest absolute Gasteiger partial charge is 0.407 e. The molecule has 2 amide bonds. The number of amides is 2. The molecule has 0 spiro atoms. The summed E-state index contributed by atoms with van der Waals surface area (Å²) in [6, 6.07) is 0.00558. The number of carbonyl (C=O) groups excluding carboxylic acids is 1. The summed E-state index contributed by atoms with van der Waals surface area (Å²) in [6.07, 6.45) is 1.74. The van der Waals surface area contributed by atoms with E-state index < -0.39 is 6.09 Å². The molecule has 1 saturated heterocycles. The number of likely N-dealkylation sites (tertiary alicyclic amines) is 1. The summed E-state index contributed by atoms with van der Waals surface area (Å²) < 4.78 is 0. The summed E-state index contributed by atoms with van der Waals surface area (Å²) in [5, 5.41) is 11.7. The highest BCUT2D eigenvalue weighted by molar-refractivity contribution is 5.85. The fourth-order valence-corrected chi connectivity index (χ4v) is 1.83. The van der Waals surface area contributed by atoms with Crippen molar-refractivity contribution in [2.45, 2.75) is 32.2 Å². The Kier molecular flexibility index (Phi) is 2.32. The zero-order chi connectivity index (χ0) is 11.1. The number of rotatable bonds is 2. The van der Waals surface area contributed by atoms with Crippen LogP contribution in [0.4, 0.5) is 4.79 Å². The molecule has 2 rings (SSSR count). The number of hydrogen-bond donors (Lipinski definition) is 2. The Labute approximate surface area is 88.4 Å². The Balaban J connectivity index is 1.82. The summed E-state index contributed by atoms with van der Waals surface area (Å²) in [5.41, 5.74) is -0.170. The third-order valence-electron chi connectivity index (χ3n) is 3.34. The lowest BCUT2D eigenvalue weighted by atomic mass is 10.1. The van der Waals surface area contributed by atoms with Crippen molar-refractivity contribution >= 4 is 12.0 Å². The molecule has 5 nitrogen and oxygen atoms in total. The Morgan fingerprint density at radius 1 is 1.47 bits per heavy atom. The summed E-state index contributed by atoms with van der Waals surface area (Å²) in [4.78, 5) is 23.7. The van der Waals surface area contributed by atoms with E-state index in [0.29, 0.717) is 13.1 Å². The molecule has 0 radical (unpaired) electrons. The van der Waals surface area contributed by atoms with Gasteiger partial charge in [0.05, 0.1) is 0 Å². The van der Waals surface area contributed by atoms with Gasteiger partial charge in [0.15, 0.2) is 0 Å². The first-order valence-electron chi connectivity index (χ1n) is 5.30. The summed E-state index contributed by atoms with van der Waals surface area (Å²) >= 11 is 0. The molecule has 0 aromatic rings. The van der Waals surface area contributed by atoms with E-state index in [1.807, 2.05) is 6.92 Å². The molecule has 1 atom stereocenters. The number of hydrogen-bond acceptors (Lipinski definition) is 2. The van der Waals surface area contributed by atoms with Crippen LogP contribution in [0.25, 0.3) is 0 Å². The minimum atomic E-state index is -0.899. The molecule has 1 aliphatic carbocycles. The van der Waals surface area contributed by atoms with Crippen molar-refractivity contribution in [3.63, 3.8) is 0 Å². The van der Waals surface area contributed by atoms with E-state index >= 15 is 0 Å². The van der Waals surface area contributed by atoms with Crippen LogP contribution in [0.2, 0.25) is 0 Å². The fourth-order valence-electron chi connectivity index (χ4n) is 1.83. The summed E-state index contributed by atoms with van der Waals surface area (Å²) in [7, 11) is 0. The first-order valence-corrected chi connectivity index (χ1v) is 5.30. The van der Waals surface area contributed by atoms with Crippen molar-refractivity contribution in [1.29, 1.82) is 0 Å². The maximum absolute atomic E-state index is 11.7. The van der Waals surface area contributed by atoms with Crippen LogP contribution < -0.4 is 5.32 Å². The Hall–Kier alpha value is -1.26. The van der Waals surface area contributed by atoms with Gasteiger partial charge in [0, 0.05) is 24.5 Å². The van der Waals surface area contributed by atoms with Crippen molar-refractivity contribution in [1.82, 2.24) is 10.2 Å². The predicted molar refractivity (Wildman–Crippen MR) is 53.5 cm³/mol. The Morgan fingerprint density at radius 3 is 2.60 bits per heavy atom. The molecular formula is C10H16N2O3. The second kappa shape index (κ2) is 3.40. The maximum Gasteiger partial charge on any atom is 0.407 e. The van der Waals surface area contributed by atoms with Gasteiger partial charge >= 0.3 is 6.09 Å². The normalized spacial score (nSPS) is 27.5. The van der Waals surface area contributed by atoms with E-state index in [2.05, 4.69) is 5.32 Å². The molecule has 2 fully saturated rings. The topological polar surface area (TPSA) is 69.6 Å². The third-order valence-corrected chi connectivity index (χ3v) is 3.34. The van der Waals surface area contributed by atoms with Crippen LogP contribution >= 0.6 is 0 Å². The van der Waals surface area contributed by atoms with Gasteiger partial charge in [0.2, 0.25) is 5.91 Å². The van der Waals surface area contributed by atoms with Crippen molar-refractivity contribution < 1.29 is 14.7 Å². The van der Waals surface area contributed by atoms with Crippen LogP contribution in [0.1, 0.15) is 26.2 Å². The molecule has 84 valence electrons. The maximum atomic E-state index is 11.7. The molecule has 1 saturated carbocycles. The lowest BCUT2D eigenvalue weighted by Gasteiger charge is -2.16. The van der Waals surface area contributed by atoms with Crippen molar-refractivity contribution in [3.8, 4) is 0 Å². The van der Waals surface area contributed by atoms with Crippen LogP contribution in [0.15, 0.2) is 0 Å². The SMILES string of the molecule is CC1(C(=O)N[C@H]2CCN(C(=O)O)C2)CC1. The number of carbonyl (C=O) groups is 2. The first kappa shape index (κ1) is 10.3. The summed E-state index contributed by atoms with van der Waals surface area (Å²) in [5.74, 6) is 0.0831. The average Bonchev–Trinajstić information content (AvgIpc) is 2.76. The zero-order valence-electron chi connectivity index (χ0n) is 8.82. The second-order valence-electron chi connectivity index (χ2n) is 4.75. The first-order chi connectivity index (χ1) is 7.01. The lowest BCUT2D eigenvalue weighted by Crippen LogP contribution is -2.41. The monoisotopic (exact) mass is 212 g/mol. The fraction of sp³-hybridized carbons (Fsp3) is 0.800. The number of carboxylic acid groups (broad SMARTS) is 1. The molecule has 2 aliphatic rings. The van der Waals surface area contributed by atoms with E-state index in [-0.39, 0.29) is 17.4 Å². The molecule has 1 heterocycles. The molecule has 0 unspecified atom stereocenters. The minimum Gasteiger partial charge on any atom is -0.465 e. The van der Waals surface area contributed by atoms with E-state index in [1.165, 1.54) is 4.90 Å². The standard InChI is InChI=1S/C10H16N2O3/c1-10(3-4-10)8(13)11-7-2-5-12(6-7)9(14)15/h7H,2-6H2,1H3,(H,11,13)(H,14,15)/t7-/m0/s1. The molecule has 0 bridgehead atoms. The van der Waals surface area contributed by atoms with Crippen molar-refractivity contribution in [2.24, 2.45) is 5.41 Å². The van der Waals surface area contributed by atoms with Crippen LogP contribution in [0.3, 0.4) is 0 Å². The molecule has 15 heavy (non-hydrogen) atoms. The Morgan fingerprint density at radius 2 is 2.13 bits per heavy atom. The van der Waals surface area contributed by atoms with Crippen molar-refractivity contribution in [2.75, 3.05) is 13.1 Å². The van der Waals surface area contributed by atoms with E-state index in [9.17, 15) is 9.59 Å². The van der Waals surface area contributed by atoms with Gasteiger partial charge in [0.1, 0.15) is 0 Å². The minimum absolute atomic E-state index is 0.00558. The van der Waals surface area contributed by atoms with E-state index in [0.717, 1.165) is 19.3 Å². The highest BCUT2D eigenvalue weighted by atomic mass is 16.4. The number of nitrogens with zero attached hydrogens (tertiary/aromatic N) is 1.